The summed E-state index contributed by atoms with van der Waals surface area (Å²) in [5, 5.41) is 0. The van der Waals surface area contributed by atoms with Crippen LogP contribution in [0.4, 0.5) is 0 Å². The second-order valence-electron chi connectivity index (χ2n) is 5.11. The molecule has 0 spiro atoms. The molecule has 1 aliphatic carbocycles. The Morgan fingerprint density at radius 3 is 2.61 bits per heavy atom. The molecule has 2 aromatic heterocycles. The molecule has 0 saturated heterocycles. The molecule has 2 N–H and O–H groups in total. The largest absolute Gasteiger partial charge is 0.460 e. The van der Waals surface area contributed by atoms with E-state index in [9.17, 15) is 0 Å². The van der Waals surface area contributed by atoms with Crippen molar-refractivity contribution >= 4 is 0 Å². The molecule has 1 fully saturated rings. The van der Waals surface area contributed by atoms with Crippen LogP contribution in [0.15, 0.2) is 22.6 Å². The highest BCUT2D eigenvalue weighted by Gasteiger charge is 2.46. The predicted octanol–water partition coefficient (Wildman–Crippen LogP) is 2.34. The first kappa shape index (κ1) is 11.4. The van der Waals surface area contributed by atoms with Crippen LogP contribution >= 0.6 is 0 Å². The molecule has 94 valence electrons. The number of hydrogen-bond donors (Lipinski definition) is 1. The molecule has 0 aliphatic heterocycles. The number of hydrogen-bond acceptors (Lipinski definition) is 4. The molecule has 0 unspecified atom stereocenters. The van der Waals surface area contributed by atoms with Gasteiger partial charge in [0.05, 0.1) is 0 Å². The number of furan rings is 1. The summed E-state index contributed by atoms with van der Waals surface area (Å²) >= 11 is 0. The van der Waals surface area contributed by atoms with Crippen molar-refractivity contribution in [1.82, 2.24) is 9.97 Å². The maximum atomic E-state index is 5.84. The minimum Gasteiger partial charge on any atom is -0.460 e. The van der Waals surface area contributed by atoms with Crippen LogP contribution in [0.3, 0.4) is 0 Å². The Balaban J connectivity index is 2.06. The summed E-state index contributed by atoms with van der Waals surface area (Å²) in [6.45, 7) is 4.53. The van der Waals surface area contributed by atoms with Crippen LogP contribution < -0.4 is 5.73 Å². The quantitative estimate of drug-likeness (QED) is 0.898. The average Bonchev–Trinajstić information content (AvgIpc) is 3.05. The summed E-state index contributed by atoms with van der Waals surface area (Å²) in [6, 6.07) is 5.85. The Morgan fingerprint density at radius 1 is 1.28 bits per heavy atom. The van der Waals surface area contributed by atoms with Gasteiger partial charge in [0.1, 0.15) is 17.3 Å². The molecule has 2 heterocycles. The highest BCUT2D eigenvalue weighted by molar-refractivity contribution is 5.53. The van der Waals surface area contributed by atoms with E-state index in [1.54, 1.807) is 0 Å². The van der Waals surface area contributed by atoms with E-state index >= 15 is 0 Å². The van der Waals surface area contributed by atoms with Crippen LogP contribution in [0, 0.1) is 13.8 Å². The van der Waals surface area contributed by atoms with Crippen LogP contribution in [-0.2, 0) is 5.41 Å². The fourth-order valence-electron chi connectivity index (χ4n) is 2.17. The minimum absolute atomic E-state index is 0.0163. The lowest BCUT2D eigenvalue weighted by Crippen LogP contribution is -2.23. The molecule has 1 aliphatic rings. The van der Waals surface area contributed by atoms with Crippen LogP contribution in [0.2, 0.25) is 0 Å². The second kappa shape index (κ2) is 3.92. The standard InChI is InChI=1S/C14H17N3O/c1-9-7-11(12-4-3-10(2)18-12)17-13(16-9)14(8-15)5-6-14/h3-4,7H,5-6,8,15H2,1-2H3. The van der Waals surface area contributed by atoms with Gasteiger partial charge in [-0.3, -0.25) is 0 Å². The van der Waals surface area contributed by atoms with Crippen LogP contribution in [-0.4, -0.2) is 16.5 Å². The van der Waals surface area contributed by atoms with Crippen LogP contribution in [0.25, 0.3) is 11.5 Å². The van der Waals surface area contributed by atoms with Gasteiger partial charge < -0.3 is 10.2 Å². The molecule has 0 bridgehead atoms. The third-order valence-electron chi connectivity index (χ3n) is 3.57. The van der Waals surface area contributed by atoms with Crippen molar-refractivity contribution in [1.29, 1.82) is 0 Å². The van der Waals surface area contributed by atoms with E-state index in [2.05, 4.69) is 9.97 Å². The lowest BCUT2D eigenvalue weighted by Gasteiger charge is -2.12. The normalized spacial score (nSPS) is 16.8. The topological polar surface area (TPSA) is 64.9 Å². The molecule has 18 heavy (non-hydrogen) atoms. The summed E-state index contributed by atoms with van der Waals surface area (Å²) in [5.74, 6) is 2.56. The van der Waals surface area contributed by atoms with Crippen LogP contribution in [0.5, 0.6) is 0 Å². The van der Waals surface area contributed by atoms with E-state index in [4.69, 9.17) is 10.2 Å². The molecule has 3 rings (SSSR count). The summed E-state index contributed by atoms with van der Waals surface area (Å²) in [4.78, 5) is 9.18. The van der Waals surface area contributed by atoms with Crippen LogP contribution in [0.1, 0.15) is 30.1 Å². The number of aryl methyl sites for hydroxylation is 2. The van der Waals surface area contributed by atoms with Gasteiger partial charge >= 0.3 is 0 Å². The van der Waals surface area contributed by atoms with E-state index in [0.717, 1.165) is 41.6 Å². The van der Waals surface area contributed by atoms with Gasteiger partial charge in [-0.15, -0.1) is 0 Å². The van der Waals surface area contributed by atoms with Gasteiger partial charge in [0.15, 0.2) is 5.76 Å². The average molecular weight is 243 g/mol. The molecule has 4 heteroatoms. The Kier molecular flexibility index (Phi) is 2.48. The Bertz CT molecular complexity index is 584. The van der Waals surface area contributed by atoms with E-state index in [-0.39, 0.29) is 5.41 Å². The summed E-state index contributed by atoms with van der Waals surface area (Å²) < 4.78 is 5.62. The Hall–Kier alpha value is -1.68. The third kappa shape index (κ3) is 1.82. The molecule has 0 radical (unpaired) electrons. The SMILES string of the molecule is Cc1cc(-c2ccc(C)o2)nc(C2(CN)CC2)n1. The Labute approximate surface area is 106 Å². The minimum atomic E-state index is 0.0163. The van der Waals surface area contributed by atoms with Crippen molar-refractivity contribution in [3.63, 3.8) is 0 Å². The van der Waals surface area contributed by atoms with Gasteiger partial charge in [0, 0.05) is 17.7 Å². The highest BCUT2D eigenvalue weighted by atomic mass is 16.3. The van der Waals surface area contributed by atoms with Crippen molar-refractivity contribution in [3.8, 4) is 11.5 Å². The maximum absolute atomic E-state index is 5.84. The van der Waals surface area contributed by atoms with Crippen molar-refractivity contribution in [3.05, 3.63) is 35.5 Å². The zero-order chi connectivity index (χ0) is 12.8. The van der Waals surface area contributed by atoms with Gasteiger partial charge in [-0.05, 0) is 44.9 Å². The summed E-state index contributed by atoms with van der Waals surface area (Å²) in [7, 11) is 0. The van der Waals surface area contributed by atoms with Gasteiger partial charge in [0.25, 0.3) is 0 Å². The third-order valence-corrected chi connectivity index (χ3v) is 3.57. The van der Waals surface area contributed by atoms with Crippen molar-refractivity contribution in [2.75, 3.05) is 6.54 Å². The smallest absolute Gasteiger partial charge is 0.152 e. The predicted molar refractivity (Wildman–Crippen MR) is 69.2 cm³/mol. The number of nitrogens with two attached hydrogens (primary N) is 1. The number of nitrogens with zero attached hydrogens (tertiary/aromatic N) is 2. The molecule has 0 aromatic carbocycles. The van der Waals surface area contributed by atoms with Crippen molar-refractivity contribution < 1.29 is 4.42 Å². The van der Waals surface area contributed by atoms with E-state index in [1.807, 2.05) is 32.0 Å². The fraction of sp³-hybridized carbons (Fsp3) is 0.429. The highest BCUT2D eigenvalue weighted by Crippen LogP contribution is 2.45. The molecule has 1 saturated carbocycles. The zero-order valence-corrected chi connectivity index (χ0v) is 10.7. The molecular weight excluding hydrogens is 226 g/mol. The Morgan fingerprint density at radius 2 is 2.06 bits per heavy atom. The zero-order valence-electron chi connectivity index (χ0n) is 10.7. The first-order valence-electron chi connectivity index (χ1n) is 6.26. The first-order valence-corrected chi connectivity index (χ1v) is 6.26. The van der Waals surface area contributed by atoms with Gasteiger partial charge in [0.2, 0.25) is 0 Å². The lowest BCUT2D eigenvalue weighted by atomic mass is 10.1. The summed E-state index contributed by atoms with van der Waals surface area (Å²) in [5.41, 5.74) is 7.67. The second-order valence-corrected chi connectivity index (χ2v) is 5.11. The molecule has 4 nitrogen and oxygen atoms in total. The van der Waals surface area contributed by atoms with E-state index < -0.39 is 0 Å². The van der Waals surface area contributed by atoms with Crippen molar-refractivity contribution in [2.45, 2.75) is 32.1 Å². The molecular formula is C14H17N3O. The number of rotatable bonds is 3. The van der Waals surface area contributed by atoms with Crippen molar-refractivity contribution in [2.24, 2.45) is 5.73 Å². The van der Waals surface area contributed by atoms with Gasteiger partial charge in [-0.2, -0.15) is 0 Å². The molecule has 0 atom stereocenters. The molecule has 2 aromatic rings. The maximum Gasteiger partial charge on any atom is 0.152 e. The summed E-state index contributed by atoms with van der Waals surface area (Å²) in [6.07, 6.45) is 2.17. The van der Waals surface area contributed by atoms with Gasteiger partial charge in [-0.1, -0.05) is 0 Å². The number of aromatic nitrogens is 2. The van der Waals surface area contributed by atoms with E-state index in [1.165, 1.54) is 0 Å². The monoisotopic (exact) mass is 243 g/mol. The van der Waals surface area contributed by atoms with E-state index in [0.29, 0.717) is 6.54 Å². The van der Waals surface area contributed by atoms with Gasteiger partial charge in [-0.25, -0.2) is 9.97 Å². The molecule has 0 amide bonds. The fourth-order valence-corrected chi connectivity index (χ4v) is 2.17. The first-order chi connectivity index (χ1) is 8.63. The lowest BCUT2D eigenvalue weighted by molar-refractivity contribution is 0.544.